The Bertz CT molecular complexity index is 534. The lowest BCUT2D eigenvalue weighted by Gasteiger charge is -2.09. The molecule has 7 heteroatoms. The van der Waals surface area contributed by atoms with Crippen LogP contribution >= 0.6 is 11.3 Å². The van der Waals surface area contributed by atoms with Crippen LogP contribution in [0.4, 0.5) is 0 Å². The van der Waals surface area contributed by atoms with Gasteiger partial charge in [0.15, 0.2) is 0 Å². The number of carboxylic acids is 1. The van der Waals surface area contributed by atoms with Gasteiger partial charge in [-0.05, 0) is 18.2 Å². The van der Waals surface area contributed by atoms with Gasteiger partial charge in [-0.1, -0.05) is 0 Å². The van der Waals surface area contributed by atoms with Crippen LogP contribution < -0.4 is 5.32 Å². The van der Waals surface area contributed by atoms with E-state index in [1.807, 2.05) is 0 Å². The number of nitrogens with one attached hydrogen (secondary N) is 1. The van der Waals surface area contributed by atoms with E-state index in [2.05, 4.69) is 5.32 Å². The highest BCUT2D eigenvalue weighted by Crippen LogP contribution is 2.17. The van der Waals surface area contributed by atoms with E-state index < -0.39 is 5.97 Å². The van der Waals surface area contributed by atoms with Crippen molar-refractivity contribution in [2.24, 2.45) is 0 Å². The Balaban J connectivity index is 2.48. The zero-order valence-corrected chi connectivity index (χ0v) is 12.1. The summed E-state index contributed by atoms with van der Waals surface area (Å²) in [6.45, 7) is 0.272. The van der Waals surface area contributed by atoms with E-state index in [1.54, 1.807) is 26.2 Å². The summed E-state index contributed by atoms with van der Waals surface area (Å²) >= 11 is 1.19. The second-order valence-electron chi connectivity index (χ2n) is 4.17. The van der Waals surface area contributed by atoms with E-state index in [9.17, 15) is 14.4 Å². The lowest BCUT2D eigenvalue weighted by atomic mass is 10.3. The highest BCUT2D eigenvalue weighted by Gasteiger charge is 2.09. The van der Waals surface area contributed by atoms with Crippen molar-refractivity contribution in [2.75, 3.05) is 20.6 Å². The fourth-order valence-electron chi connectivity index (χ4n) is 1.31. The summed E-state index contributed by atoms with van der Waals surface area (Å²) in [5.41, 5.74) is 0. The molecule has 0 aromatic carbocycles. The van der Waals surface area contributed by atoms with Crippen molar-refractivity contribution in [3.8, 4) is 0 Å². The van der Waals surface area contributed by atoms with Crippen molar-refractivity contribution in [3.05, 3.63) is 28.0 Å². The predicted molar refractivity (Wildman–Crippen MR) is 76.6 cm³/mol. The van der Waals surface area contributed by atoms with Crippen molar-refractivity contribution >= 4 is 35.2 Å². The number of carbonyl (C=O) groups is 3. The van der Waals surface area contributed by atoms with Gasteiger partial charge in [-0.25, -0.2) is 4.79 Å². The SMILES string of the molecule is CN(C)C(=O)CCNC(=O)c1ccc(C=CC(=O)O)s1. The number of hydrogen-bond acceptors (Lipinski definition) is 4. The first kappa shape index (κ1) is 15.9. The first-order valence-electron chi connectivity index (χ1n) is 5.89. The molecule has 0 aliphatic carbocycles. The number of amides is 2. The molecule has 0 bridgehead atoms. The second-order valence-corrected chi connectivity index (χ2v) is 5.28. The molecule has 0 aliphatic rings. The van der Waals surface area contributed by atoms with Gasteiger partial charge in [-0.15, -0.1) is 11.3 Å². The van der Waals surface area contributed by atoms with Crippen molar-refractivity contribution in [2.45, 2.75) is 6.42 Å². The molecule has 1 rings (SSSR count). The molecule has 1 heterocycles. The van der Waals surface area contributed by atoms with Gasteiger partial charge < -0.3 is 15.3 Å². The molecule has 0 unspecified atom stereocenters. The molecule has 0 radical (unpaired) electrons. The van der Waals surface area contributed by atoms with Crippen LogP contribution in [0.3, 0.4) is 0 Å². The molecule has 0 atom stereocenters. The summed E-state index contributed by atoms with van der Waals surface area (Å²) < 4.78 is 0. The molecule has 1 aromatic heterocycles. The van der Waals surface area contributed by atoms with Crippen LogP contribution in [-0.2, 0) is 9.59 Å². The summed E-state index contributed by atoms with van der Waals surface area (Å²) in [5, 5.41) is 11.2. The zero-order chi connectivity index (χ0) is 15.1. The maximum Gasteiger partial charge on any atom is 0.328 e. The third kappa shape index (κ3) is 5.23. The topological polar surface area (TPSA) is 86.7 Å². The largest absolute Gasteiger partial charge is 0.478 e. The molecular weight excluding hydrogens is 280 g/mol. The highest BCUT2D eigenvalue weighted by molar-refractivity contribution is 7.14. The van der Waals surface area contributed by atoms with Crippen LogP contribution in [0, 0.1) is 0 Å². The summed E-state index contributed by atoms with van der Waals surface area (Å²) in [4.78, 5) is 36.1. The standard InChI is InChI=1S/C13H16N2O4S/c1-15(2)11(16)7-8-14-13(19)10-5-3-9(20-10)4-6-12(17)18/h3-6H,7-8H2,1-2H3,(H,14,19)(H,17,18). The van der Waals surface area contributed by atoms with Gasteiger partial charge in [0.2, 0.25) is 5.91 Å². The molecule has 2 N–H and O–H groups in total. The second kappa shape index (κ2) is 7.44. The third-order valence-corrected chi connectivity index (χ3v) is 3.41. The maximum atomic E-state index is 11.8. The monoisotopic (exact) mass is 296 g/mol. The van der Waals surface area contributed by atoms with Gasteiger partial charge in [-0.3, -0.25) is 9.59 Å². The quantitative estimate of drug-likeness (QED) is 0.768. The predicted octanol–water partition coefficient (Wildman–Crippen LogP) is 1.05. The fourth-order valence-corrected chi connectivity index (χ4v) is 2.14. The van der Waals surface area contributed by atoms with Gasteiger partial charge in [0.1, 0.15) is 0 Å². The molecular formula is C13H16N2O4S. The van der Waals surface area contributed by atoms with E-state index in [-0.39, 0.29) is 24.8 Å². The summed E-state index contributed by atoms with van der Waals surface area (Å²) in [7, 11) is 3.31. The Morgan fingerprint density at radius 3 is 2.65 bits per heavy atom. The van der Waals surface area contributed by atoms with Gasteiger partial charge in [0.05, 0.1) is 4.88 Å². The first-order chi connectivity index (χ1) is 9.40. The van der Waals surface area contributed by atoms with Crippen molar-refractivity contribution in [1.29, 1.82) is 0 Å². The van der Waals surface area contributed by atoms with Gasteiger partial charge in [0.25, 0.3) is 5.91 Å². The van der Waals surface area contributed by atoms with Crippen LogP contribution in [-0.4, -0.2) is 48.4 Å². The van der Waals surface area contributed by atoms with Gasteiger partial charge in [0, 0.05) is 38.0 Å². The Hall–Kier alpha value is -2.15. The minimum absolute atomic E-state index is 0.0541. The zero-order valence-electron chi connectivity index (χ0n) is 11.3. The minimum Gasteiger partial charge on any atom is -0.478 e. The Morgan fingerprint density at radius 1 is 1.35 bits per heavy atom. The highest BCUT2D eigenvalue weighted by atomic mass is 32.1. The van der Waals surface area contributed by atoms with E-state index >= 15 is 0 Å². The number of rotatable bonds is 6. The minimum atomic E-state index is -1.04. The summed E-state index contributed by atoms with van der Waals surface area (Å²) in [5.74, 6) is -1.36. The van der Waals surface area contributed by atoms with E-state index in [0.717, 1.165) is 6.08 Å². The first-order valence-corrected chi connectivity index (χ1v) is 6.71. The van der Waals surface area contributed by atoms with Crippen molar-refractivity contribution in [3.63, 3.8) is 0 Å². The number of aliphatic carboxylic acids is 1. The van der Waals surface area contributed by atoms with Crippen molar-refractivity contribution < 1.29 is 19.5 Å². The molecule has 108 valence electrons. The van der Waals surface area contributed by atoms with E-state index in [4.69, 9.17) is 5.11 Å². The molecule has 0 saturated carbocycles. The van der Waals surface area contributed by atoms with Crippen LogP contribution in [0.2, 0.25) is 0 Å². The average molecular weight is 296 g/mol. The number of carbonyl (C=O) groups excluding carboxylic acids is 2. The van der Waals surface area contributed by atoms with Gasteiger partial charge >= 0.3 is 5.97 Å². The molecule has 0 spiro atoms. The van der Waals surface area contributed by atoms with Crippen LogP contribution in [0.1, 0.15) is 21.0 Å². The maximum absolute atomic E-state index is 11.8. The number of thiophene rings is 1. The average Bonchev–Trinajstić information content (AvgIpc) is 2.84. The van der Waals surface area contributed by atoms with Crippen LogP contribution in [0.25, 0.3) is 6.08 Å². The third-order valence-electron chi connectivity index (χ3n) is 2.36. The Morgan fingerprint density at radius 2 is 2.05 bits per heavy atom. The normalized spacial score (nSPS) is 10.5. The van der Waals surface area contributed by atoms with Gasteiger partial charge in [-0.2, -0.15) is 0 Å². The molecule has 2 amide bonds. The number of nitrogens with zero attached hydrogens (tertiary/aromatic N) is 1. The number of carboxylic acid groups (broad SMARTS) is 1. The Kier molecular flexibility index (Phi) is 5.92. The lowest BCUT2D eigenvalue weighted by molar-refractivity contribution is -0.131. The number of hydrogen-bond donors (Lipinski definition) is 2. The summed E-state index contributed by atoms with van der Waals surface area (Å²) in [6, 6.07) is 3.29. The van der Waals surface area contributed by atoms with E-state index in [1.165, 1.54) is 22.3 Å². The van der Waals surface area contributed by atoms with Crippen LogP contribution in [0.15, 0.2) is 18.2 Å². The molecule has 6 nitrogen and oxygen atoms in total. The Labute approximate surface area is 120 Å². The molecule has 0 aliphatic heterocycles. The summed E-state index contributed by atoms with van der Waals surface area (Å²) in [6.07, 6.45) is 2.69. The molecule has 0 fully saturated rings. The van der Waals surface area contributed by atoms with E-state index in [0.29, 0.717) is 9.75 Å². The fraction of sp³-hybridized carbons (Fsp3) is 0.308. The van der Waals surface area contributed by atoms with Crippen LogP contribution in [0.5, 0.6) is 0 Å². The molecule has 1 aromatic rings. The van der Waals surface area contributed by atoms with Crippen molar-refractivity contribution in [1.82, 2.24) is 10.2 Å². The molecule has 20 heavy (non-hydrogen) atoms. The molecule has 0 saturated heterocycles. The smallest absolute Gasteiger partial charge is 0.328 e. The lowest BCUT2D eigenvalue weighted by Crippen LogP contribution is -2.29.